The van der Waals surface area contributed by atoms with Gasteiger partial charge in [0.2, 0.25) is 0 Å². The Hall–Kier alpha value is -1.79. The zero-order valence-corrected chi connectivity index (χ0v) is 16.7. The first-order valence-electron chi connectivity index (χ1n) is 9.56. The lowest BCUT2D eigenvalue weighted by Gasteiger charge is -2.34. The highest BCUT2D eigenvalue weighted by molar-refractivity contribution is 5.94. The molecular weight excluding hydrogens is 366 g/mol. The van der Waals surface area contributed by atoms with E-state index in [9.17, 15) is 9.59 Å². The number of benzene rings is 1. The lowest BCUT2D eigenvalue weighted by Crippen LogP contribution is -2.42. The maximum Gasteiger partial charge on any atom is 0.324 e. The minimum atomic E-state index is -0.205. The molecule has 6 nitrogen and oxygen atoms in total. The molecule has 2 aliphatic rings. The number of hydrogen-bond acceptors (Lipinski definition) is 4. The Morgan fingerprint density at radius 2 is 1.81 bits per heavy atom. The van der Waals surface area contributed by atoms with Crippen LogP contribution in [0.2, 0.25) is 0 Å². The Kier molecular flexibility index (Phi) is 7.92. The summed E-state index contributed by atoms with van der Waals surface area (Å²) in [4.78, 5) is 28.0. The van der Waals surface area contributed by atoms with Crippen molar-refractivity contribution in [2.75, 3.05) is 31.6 Å². The van der Waals surface area contributed by atoms with Crippen molar-refractivity contribution in [2.45, 2.75) is 44.6 Å². The molecule has 3 rings (SSSR count). The van der Waals surface area contributed by atoms with Crippen molar-refractivity contribution in [1.82, 2.24) is 4.90 Å². The molecule has 0 spiro atoms. The lowest BCUT2D eigenvalue weighted by molar-refractivity contribution is -0.140. The van der Waals surface area contributed by atoms with Gasteiger partial charge in [-0.15, -0.1) is 12.4 Å². The van der Waals surface area contributed by atoms with E-state index in [4.69, 9.17) is 5.73 Å². The van der Waals surface area contributed by atoms with Crippen molar-refractivity contribution in [3.05, 3.63) is 29.8 Å². The minimum Gasteiger partial charge on any atom is -0.469 e. The van der Waals surface area contributed by atoms with Crippen molar-refractivity contribution in [3.8, 4) is 0 Å². The molecular formula is C20H30ClN3O3. The smallest absolute Gasteiger partial charge is 0.324 e. The summed E-state index contributed by atoms with van der Waals surface area (Å²) in [6, 6.07) is 8.39. The van der Waals surface area contributed by atoms with Crippen LogP contribution >= 0.6 is 12.4 Å². The average molecular weight is 396 g/mol. The van der Waals surface area contributed by atoms with E-state index in [1.807, 2.05) is 34.1 Å². The number of carbonyl (C=O) groups is 2. The van der Waals surface area contributed by atoms with Gasteiger partial charge in [-0.2, -0.15) is 0 Å². The van der Waals surface area contributed by atoms with E-state index in [1.165, 1.54) is 7.11 Å². The number of urea groups is 1. The zero-order valence-electron chi connectivity index (χ0n) is 15.9. The van der Waals surface area contributed by atoms with Gasteiger partial charge in [0.1, 0.15) is 0 Å². The molecule has 0 atom stereocenters. The van der Waals surface area contributed by atoms with Gasteiger partial charge in [-0.1, -0.05) is 12.1 Å². The number of aryl methyl sites for hydroxylation is 1. The molecule has 7 heteroatoms. The number of ether oxygens (including phenoxy) is 1. The topological polar surface area (TPSA) is 75.9 Å². The maximum atomic E-state index is 12.9. The van der Waals surface area contributed by atoms with Gasteiger partial charge in [-0.3, -0.25) is 9.69 Å². The summed E-state index contributed by atoms with van der Waals surface area (Å²) < 4.78 is 4.67. The third-order valence-corrected chi connectivity index (χ3v) is 5.72. The maximum absolute atomic E-state index is 12.9. The molecule has 1 aromatic carbocycles. The van der Waals surface area contributed by atoms with Crippen LogP contribution in [0.4, 0.5) is 10.5 Å². The predicted molar refractivity (Wildman–Crippen MR) is 108 cm³/mol. The minimum absolute atomic E-state index is 0. The molecule has 2 fully saturated rings. The van der Waals surface area contributed by atoms with E-state index in [0.29, 0.717) is 24.8 Å². The van der Waals surface area contributed by atoms with Crippen LogP contribution in [0.15, 0.2) is 24.3 Å². The third-order valence-electron chi connectivity index (χ3n) is 5.72. The summed E-state index contributed by atoms with van der Waals surface area (Å²) in [5.41, 5.74) is 7.77. The Morgan fingerprint density at radius 1 is 1.15 bits per heavy atom. The van der Waals surface area contributed by atoms with Crippen LogP contribution in [0.1, 0.15) is 37.7 Å². The second-order valence-electron chi connectivity index (χ2n) is 7.28. The van der Waals surface area contributed by atoms with Crippen molar-refractivity contribution >= 4 is 30.1 Å². The van der Waals surface area contributed by atoms with Crippen molar-refractivity contribution < 1.29 is 14.3 Å². The number of rotatable bonds is 6. The van der Waals surface area contributed by atoms with E-state index in [2.05, 4.69) is 4.74 Å². The summed E-state index contributed by atoms with van der Waals surface area (Å²) >= 11 is 0. The summed E-state index contributed by atoms with van der Waals surface area (Å²) in [7, 11) is 1.40. The van der Waals surface area contributed by atoms with Crippen molar-refractivity contribution in [1.29, 1.82) is 0 Å². The van der Waals surface area contributed by atoms with Crippen molar-refractivity contribution in [3.63, 3.8) is 0 Å². The molecule has 1 aliphatic heterocycles. The first-order chi connectivity index (χ1) is 12.6. The van der Waals surface area contributed by atoms with Crippen LogP contribution in [-0.4, -0.2) is 49.7 Å². The van der Waals surface area contributed by atoms with Crippen LogP contribution in [0.5, 0.6) is 0 Å². The lowest BCUT2D eigenvalue weighted by atomic mass is 9.85. The van der Waals surface area contributed by atoms with Crippen LogP contribution < -0.4 is 10.6 Å². The highest BCUT2D eigenvalue weighted by Crippen LogP contribution is 2.30. The third kappa shape index (κ3) is 5.14. The molecule has 0 radical (unpaired) electrons. The highest BCUT2D eigenvalue weighted by Gasteiger charge is 2.36. The van der Waals surface area contributed by atoms with Gasteiger partial charge < -0.3 is 15.4 Å². The van der Waals surface area contributed by atoms with Gasteiger partial charge >= 0.3 is 12.0 Å². The largest absolute Gasteiger partial charge is 0.469 e. The van der Waals surface area contributed by atoms with E-state index < -0.39 is 0 Å². The Balaban J connectivity index is 0.00000261. The molecule has 1 heterocycles. The summed E-state index contributed by atoms with van der Waals surface area (Å²) in [6.07, 6.45) is 5.40. The number of anilines is 1. The molecule has 27 heavy (non-hydrogen) atoms. The van der Waals surface area contributed by atoms with Gasteiger partial charge in [0, 0.05) is 31.2 Å². The number of carbonyl (C=O) groups excluding carboxylic acids is 2. The highest BCUT2D eigenvalue weighted by atomic mass is 35.5. The number of halogens is 1. The van der Waals surface area contributed by atoms with Gasteiger partial charge in [0.25, 0.3) is 0 Å². The number of nitrogens with zero attached hydrogens (tertiary/aromatic N) is 2. The number of esters is 1. The first kappa shape index (κ1) is 21.5. The molecule has 1 aromatic rings. The second kappa shape index (κ2) is 9.95. The normalized spacial score (nSPS) is 22.5. The van der Waals surface area contributed by atoms with Gasteiger partial charge in [0.05, 0.1) is 7.11 Å². The quantitative estimate of drug-likeness (QED) is 0.751. The van der Waals surface area contributed by atoms with Gasteiger partial charge in [0.15, 0.2) is 0 Å². The second-order valence-corrected chi connectivity index (χ2v) is 7.28. The molecule has 150 valence electrons. The standard InChI is InChI=1S/C20H29N3O3.ClH/c1-26-19(24)11-6-15-2-7-17(8-3-15)22-12-13-23(20(22)25)18-9-4-16(14-21)5-10-18;/h2-3,7-8,16,18H,4-6,9-14,21H2,1H3;1H. The number of amides is 2. The fourth-order valence-electron chi connectivity index (χ4n) is 4.02. The summed E-state index contributed by atoms with van der Waals surface area (Å²) in [5, 5.41) is 0. The zero-order chi connectivity index (χ0) is 18.5. The number of nitrogens with two attached hydrogens (primary N) is 1. The monoisotopic (exact) mass is 395 g/mol. The fraction of sp³-hybridized carbons (Fsp3) is 0.600. The fourth-order valence-corrected chi connectivity index (χ4v) is 4.02. The predicted octanol–water partition coefficient (Wildman–Crippen LogP) is 2.97. The van der Waals surface area contributed by atoms with Crippen molar-refractivity contribution in [2.24, 2.45) is 11.7 Å². The van der Waals surface area contributed by atoms with Crippen LogP contribution in [0.3, 0.4) is 0 Å². The molecule has 0 unspecified atom stereocenters. The number of methoxy groups -OCH3 is 1. The van der Waals surface area contributed by atoms with E-state index >= 15 is 0 Å². The molecule has 0 aromatic heterocycles. The Morgan fingerprint density at radius 3 is 2.41 bits per heavy atom. The van der Waals surface area contributed by atoms with Gasteiger partial charge in [-0.05, 0) is 62.3 Å². The van der Waals surface area contributed by atoms with E-state index in [1.54, 1.807) is 0 Å². The molecule has 2 N–H and O–H groups in total. The Bertz CT molecular complexity index is 630. The molecule has 1 aliphatic carbocycles. The van der Waals surface area contributed by atoms with Gasteiger partial charge in [-0.25, -0.2) is 4.79 Å². The first-order valence-corrected chi connectivity index (χ1v) is 9.56. The van der Waals surface area contributed by atoms with Crippen LogP contribution in [0.25, 0.3) is 0 Å². The molecule has 1 saturated carbocycles. The van der Waals surface area contributed by atoms with Crippen LogP contribution in [0, 0.1) is 5.92 Å². The van der Waals surface area contributed by atoms with Crippen LogP contribution in [-0.2, 0) is 16.0 Å². The van der Waals surface area contributed by atoms with E-state index in [-0.39, 0.29) is 24.4 Å². The van der Waals surface area contributed by atoms with E-state index in [0.717, 1.165) is 56.6 Å². The Labute approximate surface area is 167 Å². The summed E-state index contributed by atoms with van der Waals surface area (Å²) in [5.74, 6) is 0.418. The SMILES string of the molecule is COC(=O)CCc1ccc(N2CCN(C3CCC(CN)CC3)C2=O)cc1.Cl. The molecule has 0 bridgehead atoms. The molecule has 1 saturated heterocycles. The average Bonchev–Trinajstić information content (AvgIpc) is 3.08. The molecule has 2 amide bonds. The summed E-state index contributed by atoms with van der Waals surface area (Å²) in [6.45, 7) is 2.28. The number of hydrogen-bond donors (Lipinski definition) is 1.